The zero-order valence-electron chi connectivity index (χ0n) is 15.6. The fourth-order valence-electron chi connectivity index (χ4n) is 3.63. The van der Waals surface area contributed by atoms with E-state index in [1.54, 1.807) is 11.6 Å². The van der Waals surface area contributed by atoms with E-state index in [-0.39, 0.29) is 10.6 Å². The van der Waals surface area contributed by atoms with Crippen molar-refractivity contribution in [2.45, 2.75) is 43.9 Å². The van der Waals surface area contributed by atoms with Gasteiger partial charge in [0.15, 0.2) is 0 Å². The molecule has 1 aliphatic carbocycles. The average Bonchev–Trinajstić information content (AvgIpc) is 3.04. The van der Waals surface area contributed by atoms with Gasteiger partial charge >= 0.3 is 5.97 Å². The minimum absolute atomic E-state index is 0.169. The molecule has 1 aromatic heterocycles. The van der Waals surface area contributed by atoms with E-state index in [1.807, 2.05) is 0 Å². The molecule has 0 radical (unpaired) electrons. The lowest BCUT2D eigenvalue weighted by Crippen LogP contribution is -2.35. The Morgan fingerprint density at radius 1 is 1.19 bits per heavy atom. The number of hydrogen-bond acceptors (Lipinski definition) is 4. The maximum atomic E-state index is 12.8. The molecule has 2 aliphatic rings. The van der Waals surface area contributed by atoms with E-state index >= 15 is 0 Å². The fourth-order valence-corrected chi connectivity index (χ4v) is 5.22. The monoisotopic (exact) mass is 380 g/mol. The van der Waals surface area contributed by atoms with Gasteiger partial charge in [0.1, 0.15) is 10.6 Å². The zero-order chi connectivity index (χ0) is 18.7. The van der Waals surface area contributed by atoms with Crippen LogP contribution in [-0.2, 0) is 21.8 Å². The summed E-state index contributed by atoms with van der Waals surface area (Å²) in [5, 5.41) is 0. The first-order valence-corrected chi connectivity index (χ1v) is 10.8. The summed E-state index contributed by atoms with van der Waals surface area (Å²) in [5.74, 6) is 0.339. The Morgan fingerprint density at radius 2 is 1.88 bits per heavy atom. The van der Waals surface area contributed by atoms with Gasteiger partial charge in [0.25, 0.3) is 0 Å². The lowest BCUT2D eigenvalue weighted by molar-refractivity contribution is 0.0384. The Morgan fingerprint density at radius 3 is 2.58 bits per heavy atom. The second kappa shape index (κ2) is 7.96. The highest BCUT2D eigenvalue weighted by Gasteiger charge is 2.29. The molecule has 1 aliphatic heterocycles. The van der Waals surface area contributed by atoms with Crippen LogP contribution >= 0.6 is 0 Å². The van der Waals surface area contributed by atoms with Crippen LogP contribution in [0.5, 0.6) is 0 Å². The molecule has 2 heterocycles. The highest BCUT2D eigenvalue weighted by Crippen LogP contribution is 2.26. The maximum absolute atomic E-state index is 12.8. The summed E-state index contributed by atoms with van der Waals surface area (Å²) in [4.78, 5) is 12.6. The van der Waals surface area contributed by atoms with E-state index in [0.29, 0.717) is 31.5 Å². The molecular weight excluding hydrogens is 352 g/mol. The Balaban J connectivity index is 1.69. The van der Waals surface area contributed by atoms with Crippen molar-refractivity contribution < 1.29 is 17.9 Å². The summed E-state index contributed by atoms with van der Waals surface area (Å²) < 4.78 is 34.1. The van der Waals surface area contributed by atoms with Crippen LogP contribution < -0.4 is 0 Å². The van der Waals surface area contributed by atoms with Gasteiger partial charge in [-0.3, -0.25) is 0 Å². The van der Waals surface area contributed by atoms with Gasteiger partial charge in [0, 0.05) is 26.3 Å². The molecular formula is C19H28N2O4S. The van der Waals surface area contributed by atoms with Gasteiger partial charge in [-0.05, 0) is 43.6 Å². The average molecular weight is 381 g/mol. The van der Waals surface area contributed by atoms with Crippen LogP contribution in [0, 0.1) is 11.8 Å². The van der Waals surface area contributed by atoms with Gasteiger partial charge in [0.05, 0.1) is 6.61 Å². The standard InChI is InChI=1S/C19H28N2O4S/c1-15-8-4-5-9-16(15)14-25-19(22)18-12-17(13-20(18)2)26(23,24)21-10-6-3-7-11-21/h4-5,12-13,15-16H,3,6-11,14H2,1-2H3. The molecule has 1 fully saturated rings. The topological polar surface area (TPSA) is 68.6 Å². The van der Waals surface area contributed by atoms with Crippen LogP contribution in [0.25, 0.3) is 0 Å². The predicted molar refractivity (Wildman–Crippen MR) is 99.3 cm³/mol. The van der Waals surface area contributed by atoms with Crippen molar-refractivity contribution in [3.05, 3.63) is 30.1 Å². The van der Waals surface area contributed by atoms with Gasteiger partial charge in [-0.25, -0.2) is 13.2 Å². The molecule has 0 bridgehead atoms. The molecule has 0 aromatic carbocycles. The molecule has 6 nitrogen and oxygen atoms in total. The number of ether oxygens (including phenoxy) is 1. The minimum atomic E-state index is -3.55. The van der Waals surface area contributed by atoms with Crippen molar-refractivity contribution >= 4 is 16.0 Å². The summed E-state index contributed by atoms with van der Waals surface area (Å²) in [6, 6.07) is 1.44. The Labute approximate surface area is 155 Å². The van der Waals surface area contributed by atoms with Gasteiger partial charge < -0.3 is 9.30 Å². The van der Waals surface area contributed by atoms with Crippen LogP contribution in [0.4, 0.5) is 0 Å². The smallest absolute Gasteiger partial charge is 0.354 e. The highest BCUT2D eigenvalue weighted by molar-refractivity contribution is 7.89. The summed E-state index contributed by atoms with van der Waals surface area (Å²) >= 11 is 0. The summed E-state index contributed by atoms with van der Waals surface area (Å²) in [7, 11) is -1.87. The predicted octanol–water partition coefficient (Wildman–Crippen LogP) is 2.96. The zero-order valence-corrected chi connectivity index (χ0v) is 16.4. The van der Waals surface area contributed by atoms with Gasteiger partial charge in [-0.2, -0.15) is 4.31 Å². The molecule has 7 heteroatoms. The third-order valence-electron chi connectivity index (χ3n) is 5.49. The number of carbonyl (C=O) groups excluding carboxylic acids is 1. The van der Waals surface area contributed by atoms with Crippen LogP contribution in [0.1, 0.15) is 49.5 Å². The molecule has 0 N–H and O–H groups in total. The summed E-state index contributed by atoms with van der Waals surface area (Å²) in [6.45, 7) is 3.62. The van der Waals surface area contributed by atoms with E-state index in [4.69, 9.17) is 4.74 Å². The van der Waals surface area contributed by atoms with Crippen LogP contribution in [0.2, 0.25) is 0 Å². The molecule has 144 valence electrons. The largest absolute Gasteiger partial charge is 0.461 e. The van der Waals surface area contributed by atoms with E-state index in [1.165, 1.54) is 16.6 Å². The number of hydrogen-bond donors (Lipinski definition) is 0. The quantitative estimate of drug-likeness (QED) is 0.582. The van der Waals surface area contributed by atoms with Crippen molar-refractivity contribution in [2.24, 2.45) is 18.9 Å². The molecule has 3 rings (SSSR count). The normalized spacial score (nSPS) is 24.5. The van der Waals surface area contributed by atoms with E-state index in [2.05, 4.69) is 19.1 Å². The Bertz CT molecular complexity index is 775. The lowest BCUT2D eigenvalue weighted by Gasteiger charge is -2.25. The minimum Gasteiger partial charge on any atom is -0.461 e. The first kappa shape index (κ1) is 19.2. The van der Waals surface area contributed by atoms with Gasteiger partial charge in [-0.15, -0.1) is 0 Å². The number of esters is 1. The molecule has 1 saturated heterocycles. The fraction of sp³-hybridized carbons (Fsp3) is 0.632. The van der Waals surface area contributed by atoms with E-state index < -0.39 is 16.0 Å². The number of aryl methyl sites for hydroxylation is 1. The first-order chi connectivity index (χ1) is 12.4. The first-order valence-electron chi connectivity index (χ1n) is 9.38. The number of aromatic nitrogens is 1. The van der Waals surface area contributed by atoms with Crippen LogP contribution in [-0.4, -0.2) is 43.0 Å². The molecule has 1 aromatic rings. The van der Waals surface area contributed by atoms with Crippen LogP contribution in [0.15, 0.2) is 29.3 Å². The lowest BCUT2D eigenvalue weighted by atomic mass is 9.85. The van der Waals surface area contributed by atoms with Gasteiger partial charge in [-0.1, -0.05) is 25.5 Å². The van der Waals surface area contributed by atoms with E-state index in [0.717, 1.165) is 32.1 Å². The second-order valence-electron chi connectivity index (χ2n) is 7.42. The maximum Gasteiger partial charge on any atom is 0.354 e. The number of carbonyl (C=O) groups is 1. The highest BCUT2D eigenvalue weighted by atomic mass is 32.2. The molecule has 0 spiro atoms. The molecule has 2 atom stereocenters. The molecule has 0 saturated carbocycles. The number of piperidine rings is 1. The second-order valence-corrected chi connectivity index (χ2v) is 9.35. The summed E-state index contributed by atoms with van der Waals surface area (Å²) in [5.41, 5.74) is 0.277. The third kappa shape index (κ3) is 4.04. The number of nitrogens with zero attached hydrogens (tertiary/aromatic N) is 2. The summed E-state index contributed by atoms with van der Waals surface area (Å²) in [6.07, 6.45) is 10.5. The Kier molecular flexibility index (Phi) is 5.87. The molecule has 2 unspecified atom stereocenters. The molecule has 26 heavy (non-hydrogen) atoms. The van der Waals surface area contributed by atoms with Crippen LogP contribution in [0.3, 0.4) is 0 Å². The van der Waals surface area contributed by atoms with Crippen molar-refractivity contribution in [2.75, 3.05) is 19.7 Å². The van der Waals surface area contributed by atoms with Crippen molar-refractivity contribution in [1.82, 2.24) is 8.87 Å². The van der Waals surface area contributed by atoms with Crippen molar-refractivity contribution in [3.63, 3.8) is 0 Å². The number of rotatable bonds is 5. The van der Waals surface area contributed by atoms with Crippen molar-refractivity contribution in [3.8, 4) is 0 Å². The Hall–Kier alpha value is -1.60. The number of sulfonamides is 1. The van der Waals surface area contributed by atoms with Crippen molar-refractivity contribution in [1.29, 1.82) is 0 Å². The molecule has 0 amide bonds. The SMILES string of the molecule is CC1CC=CCC1COC(=O)c1cc(S(=O)(=O)N2CCCCC2)cn1C. The van der Waals surface area contributed by atoms with Gasteiger partial charge in [0.2, 0.25) is 10.0 Å². The van der Waals surface area contributed by atoms with E-state index in [9.17, 15) is 13.2 Å². The number of allylic oxidation sites excluding steroid dienone is 2. The third-order valence-corrected chi connectivity index (χ3v) is 7.35.